The molecule has 1 fully saturated rings. The molecule has 3 heteroatoms. The van der Waals surface area contributed by atoms with Gasteiger partial charge >= 0.3 is 0 Å². The van der Waals surface area contributed by atoms with Crippen molar-refractivity contribution in [2.24, 2.45) is 0 Å². The van der Waals surface area contributed by atoms with Gasteiger partial charge < -0.3 is 0 Å². The molecule has 69 valence electrons. The summed E-state index contributed by atoms with van der Waals surface area (Å²) in [6, 6.07) is 0. The molecule has 1 aliphatic rings. The maximum Gasteiger partial charge on any atom is 0.233 e. The Hall–Kier alpha value is -0.410. The highest BCUT2D eigenvalue weighted by molar-refractivity contribution is 5.56. The van der Waals surface area contributed by atoms with E-state index in [1.54, 1.807) is 0 Å². The SMILES string of the molecule is O=[C]C1CCCCCCCOO1. The van der Waals surface area contributed by atoms with Crippen molar-refractivity contribution >= 4 is 6.29 Å². The first-order chi connectivity index (χ1) is 5.93. The lowest BCUT2D eigenvalue weighted by molar-refractivity contribution is -0.311. The molecule has 1 rings (SSSR count). The summed E-state index contributed by atoms with van der Waals surface area (Å²) in [5.74, 6) is 0. The van der Waals surface area contributed by atoms with Gasteiger partial charge in [0, 0.05) is 0 Å². The van der Waals surface area contributed by atoms with E-state index < -0.39 is 6.10 Å². The lowest BCUT2D eigenvalue weighted by Gasteiger charge is -2.12. The zero-order chi connectivity index (χ0) is 8.65. The third-order valence-corrected chi connectivity index (χ3v) is 2.01. The summed E-state index contributed by atoms with van der Waals surface area (Å²) in [5.41, 5.74) is 0. The third-order valence-electron chi connectivity index (χ3n) is 2.01. The van der Waals surface area contributed by atoms with Crippen molar-refractivity contribution in [3.8, 4) is 0 Å². The van der Waals surface area contributed by atoms with E-state index in [0.717, 1.165) is 19.3 Å². The van der Waals surface area contributed by atoms with Crippen molar-refractivity contribution in [1.82, 2.24) is 0 Å². The number of rotatable bonds is 1. The minimum atomic E-state index is -0.469. The summed E-state index contributed by atoms with van der Waals surface area (Å²) in [7, 11) is 0. The summed E-state index contributed by atoms with van der Waals surface area (Å²) in [6.07, 6.45) is 7.75. The first-order valence-corrected chi connectivity index (χ1v) is 4.59. The molecule has 0 spiro atoms. The van der Waals surface area contributed by atoms with E-state index in [-0.39, 0.29) is 0 Å². The van der Waals surface area contributed by atoms with Crippen LogP contribution in [0.3, 0.4) is 0 Å². The predicted octanol–water partition coefficient (Wildman–Crippen LogP) is 1.77. The van der Waals surface area contributed by atoms with Gasteiger partial charge in [0.15, 0.2) is 6.10 Å². The van der Waals surface area contributed by atoms with E-state index in [2.05, 4.69) is 0 Å². The van der Waals surface area contributed by atoms with Gasteiger partial charge in [-0.3, -0.25) is 4.79 Å². The molecule has 0 aromatic heterocycles. The molecule has 0 N–H and O–H groups in total. The molecule has 0 saturated carbocycles. The highest BCUT2D eigenvalue weighted by atomic mass is 17.2. The van der Waals surface area contributed by atoms with Crippen LogP contribution in [0.5, 0.6) is 0 Å². The van der Waals surface area contributed by atoms with Crippen molar-refractivity contribution in [1.29, 1.82) is 0 Å². The second kappa shape index (κ2) is 6.14. The molecule has 0 bridgehead atoms. The van der Waals surface area contributed by atoms with Gasteiger partial charge in [-0.05, 0) is 12.8 Å². The van der Waals surface area contributed by atoms with Gasteiger partial charge in [0.05, 0.1) is 6.61 Å². The first-order valence-electron chi connectivity index (χ1n) is 4.59. The molecule has 1 atom stereocenters. The molecule has 1 unspecified atom stereocenters. The summed E-state index contributed by atoms with van der Waals surface area (Å²) in [4.78, 5) is 20.0. The zero-order valence-electron chi connectivity index (χ0n) is 7.25. The summed E-state index contributed by atoms with van der Waals surface area (Å²) in [6.45, 7) is 0.595. The highest BCUT2D eigenvalue weighted by Gasteiger charge is 2.10. The summed E-state index contributed by atoms with van der Waals surface area (Å²) < 4.78 is 0. The van der Waals surface area contributed by atoms with E-state index in [0.29, 0.717) is 6.61 Å². The van der Waals surface area contributed by atoms with Crippen LogP contribution in [0.15, 0.2) is 0 Å². The van der Waals surface area contributed by atoms with Crippen molar-refractivity contribution < 1.29 is 14.6 Å². The van der Waals surface area contributed by atoms with Gasteiger partial charge in [0.25, 0.3) is 0 Å². The van der Waals surface area contributed by atoms with Crippen molar-refractivity contribution in [2.45, 2.75) is 44.6 Å². The molecule has 1 aliphatic heterocycles. The van der Waals surface area contributed by atoms with Gasteiger partial charge in [-0.2, -0.15) is 0 Å². The fourth-order valence-electron chi connectivity index (χ4n) is 1.28. The Balaban J connectivity index is 2.21. The average molecular weight is 171 g/mol. The predicted molar refractivity (Wildman–Crippen MR) is 44.2 cm³/mol. The maximum absolute atomic E-state index is 10.3. The van der Waals surface area contributed by atoms with E-state index in [9.17, 15) is 4.79 Å². The largest absolute Gasteiger partial charge is 0.288 e. The van der Waals surface area contributed by atoms with Crippen molar-refractivity contribution in [3.63, 3.8) is 0 Å². The van der Waals surface area contributed by atoms with E-state index >= 15 is 0 Å². The van der Waals surface area contributed by atoms with E-state index in [1.807, 2.05) is 6.29 Å². The quantitative estimate of drug-likeness (QED) is 0.564. The third kappa shape index (κ3) is 3.83. The number of hydrogen-bond donors (Lipinski definition) is 0. The van der Waals surface area contributed by atoms with Crippen LogP contribution in [0, 0.1) is 0 Å². The monoisotopic (exact) mass is 171 g/mol. The summed E-state index contributed by atoms with van der Waals surface area (Å²) in [5, 5.41) is 0. The first kappa shape index (κ1) is 9.68. The van der Waals surface area contributed by atoms with Crippen LogP contribution in [-0.2, 0) is 14.6 Å². The van der Waals surface area contributed by atoms with Crippen molar-refractivity contribution in [3.05, 3.63) is 0 Å². The Bertz CT molecular complexity index is 115. The molecule has 0 amide bonds. The van der Waals surface area contributed by atoms with Gasteiger partial charge in [-0.1, -0.05) is 25.7 Å². The van der Waals surface area contributed by atoms with Crippen LogP contribution in [0.4, 0.5) is 0 Å². The second-order valence-electron chi connectivity index (χ2n) is 3.08. The minimum Gasteiger partial charge on any atom is -0.288 e. The van der Waals surface area contributed by atoms with Gasteiger partial charge in [0.1, 0.15) is 0 Å². The molecule has 3 nitrogen and oxygen atoms in total. The topological polar surface area (TPSA) is 35.5 Å². The Morgan fingerprint density at radius 2 is 1.83 bits per heavy atom. The van der Waals surface area contributed by atoms with Gasteiger partial charge in [-0.25, -0.2) is 9.78 Å². The zero-order valence-corrected chi connectivity index (χ0v) is 7.25. The standard InChI is InChI=1S/C9H15O3/c10-8-9-6-4-2-1-3-5-7-11-12-9/h9H,1-7H2. The maximum atomic E-state index is 10.3. The molecule has 12 heavy (non-hydrogen) atoms. The highest BCUT2D eigenvalue weighted by Crippen LogP contribution is 2.11. The van der Waals surface area contributed by atoms with Crippen molar-refractivity contribution in [2.75, 3.05) is 6.61 Å². The molecule has 1 heterocycles. The fraction of sp³-hybridized carbons (Fsp3) is 0.889. The van der Waals surface area contributed by atoms with Gasteiger partial charge in [-0.15, -0.1) is 0 Å². The molecule has 0 aliphatic carbocycles. The van der Waals surface area contributed by atoms with E-state index in [1.165, 1.54) is 19.3 Å². The second-order valence-corrected chi connectivity index (χ2v) is 3.08. The molecular weight excluding hydrogens is 156 g/mol. The van der Waals surface area contributed by atoms with Crippen LogP contribution in [-0.4, -0.2) is 19.0 Å². The molecule has 0 aromatic rings. The molecular formula is C9H15O3. The fourth-order valence-corrected chi connectivity index (χ4v) is 1.28. The molecule has 0 aromatic carbocycles. The lowest BCUT2D eigenvalue weighted by atomic mass is 10.1. The molecule has 1 saturated heterocycles. The van der Waals surface area contributed by atoms with Gasteiger partial charge in [0.2, 0.25) is 6.29 Å². The normalized spacial score (nSPS) is 27.8. The van der Waals surface area contributed by atoms with Crippen LogP contribution >= 0.6 is 0 Å². The van der Waals surface area contributed by atoms with E-state index in [4.69, 9.17) is 9.78 Å². The Kier molecular flexibility index (Phi) is 4.95. The molecule has 1 radical (unpaired) electrons. The Labute approximate surface area is 73.0 Å². The Morgan fingerprint density at radius 1 is 1.08 bits per heavy atom. The summed E-state index contributed by atoms with van der Waals surface area (Å²) >= 11 is 0. The smallest absolute Gasteiger partial charge is 0.233 e. The lowest BCUT2D eigenvalue weighted by Crippen LogP contribution is -2.16. The van der Waals surface area contributed by atoms with Crippen LogP contribution in [0.2, 0.25) is 0 Å². The van der Waals surface area contributed by atoms with Crippen LogP contribution in [0.25, 0.3) is 0 Å². The average Bonchev–Trinajstić information content (AvgIpc) is 2.14. The van der Waals surface area contributed by atoms with Crippen LogP contribution in [0.1, 0.15) is 38.5 Å². The minimum absolute atomic E-state index is 0.469. The van der Waals surface area contributed by atoms with Crippen LogP contribution < -0.4 is 0 Å². The number of hydrogen-bond acceptors (Lipinski definition) is 3. The Morgan fingerprint density at radius 3 is 2.67 bits per heavy atom. The number of carbonyl (C=O) groups excluding carboxylic acids is 1.